The van der Waals surface area contributed by atoms with Gasteiger partial charge >= 0.3 is 0 Å². The normalized spacial score (nSPS) is 19.2. The Bertz CT molecular complexity index is 501. The number of rotatable bonds is 2. The van der Waals surface area contributed by atoms with Crippen molar-refractivity contribution < 1.29 is 14.3 Å². The van der Waals surface area contributed by atoms with E-state index < -0.39 is 0 Å². The maximum atomic E-state index is 12.3. The molecule has 0 spiro atoms. The summed E-state index contributed by atoms with van der Waals surface area (Å²) < 4.78 is 6.01. The summed E-state index contributed by atoms with van der Waals surface area (Å²) in [6, 6.07) is 5.15. The molecule has 4 nitrogen and oxygen atoms in total. The zero-order valence-corrected chi connectivity index (χ0v) is 11.9. The molecule has 0 bridgehead atoms. The first-order chi connectivity index (χ1) is 8.52. The highest BCUT2D eigenvalue weighted by Gasteiger charge is 2.33. The highest BCUT2D eigenvalue weighted by atomic mass is 79.9. The lowest BCUT2D eigenvalue weighted by Gasteiger charge is -2.16. The van der Waals surface area contributed by atoms with Gasteiger partial charge in [0.05, 0.1) is 12.7 Å². The van der Waals surface area contributed by atoms with E-state index in [1.807, 2.05) is 6.92 Å². The van der Waals surface area contributed by atoms with Crippen molar-refractivity contribution in [1.29, 1.82) is 0 Å². The van der Waals surface area contributed by atoms with Gasteiger partial charge in [0, 0.05) is 17.4 Å². The quantitative estimate of drug-likeness (QED) is 0.788. The summed E-state index contributed by atoms with van der Waals surface area (Å²) in [5.41, 5.74) is 0.420. The average molecular weight is 312 g/mol. The molecule has 0 N–H and O–H groups in total. The van der Waals surface area contributed by atoms with Crippen LogP contribution in [-0.4, -0.2) is 30.4 Å². The van der Waals surface area contributed by atoms with Crippen LogP contribution in [0.25, 0.3) is 0 Å². The number of methoxy groups -OCH3 is 1. The van der Waals surface area contributed by atoms with Crippen molar-refractivity contribution in [3.63, 3.8) is 0 Å². The third-order valence-corrected chi connectivity index (χ3v) is 3.45. The number of benzene rings is 1. The molecule has 5 heteroatoms. The molecule has 1 aromatic carbocycles. The topological polar surface area (TPSA) is 46.6 Å². The zero-order chi connectivity index (χ0) is 13.3. The molecule has 1 aliphatic rings. The van der Waals surface area contributed by atoms with Gasteiger partial charge in [-0.3, -0.25) is 14.5 Å². The monoisotopic (exact) mass is 311 g/mol. The highest BCUT2D eigenvalue weighted by Crippen LogP contribution is 2.27. The van der Waals surface area contributed by atoms with Gasteiger partial charge < -0.3 is 4.74 Å². The van der Waals surface area contributed by atoms with E-state index in [-0.39, 0.29) is 17.7 Å². The molecular weight excluding hydrogens is 298 g/mol. The number of carbonyl (C=O) groups excluding carboxylic acids is 2. The van der Waals surface area contributed by atoms with Crippen LogP contribution in [0.2, 0.25) is 0 Å². The second-order valence-corrected chi connectivity index (χ2v) is 5.38. The van der Waals surface area contributed by atoms with Gasteiger partial charge in [-0.2, -0.15) is 0 Å². The van der Waals surface area contributed by atoms with Gasteiger partial charge in [0.25, 0.3) is 5.91 Å². The summed E-state index contributed by atoms with van der Waals surface area (Å²) in [5.74, 6) is 0.302. The molecule has 0 saturated carbocycles. The number of carbonyl (C=O) groups is 2. The van der Waals surface area contributed by atoms with Crippen molar-refractivity contribution in [3.8, 4) is 5.75 Å². The van der Waals surface area contributed by atoms with Crippen LogP contribution in [0.5, 0.6) is 5.75 Å². The van der Waals surface area contributed by atoms with Gasteiger partial charge in [-0.05, 0) is 24.1 Å². The molecule has 96 valence electrons. The number of hydrogen-bond donors (Lipinski definition) is 0. The van der Waals surface area contributed by atoms with Gasteiger partial charge in [-0.15, -0.1) is 0 Å². The molecule has 1 fully saturated rings. The van der Waals surface area contributed by atoms with Crippen molar-refractivity contribution in [2.75, 3.05) is 13.7 Å². The van der Waals surface area contributed by atoms with Gasteiger partial charge in [0.15, 0.2) is 0 Å². The van der Waals surface area contributed by atoms with Gasteiger partial charge in [0.1, 0.15) is 5.75 Å². The fourth-order valence-electron chi connectivity index (χ4n) is 2.07. The molecule has 1 aliphatic heterocycles. The second kappa shape index (κ2) is 5.10. The number of likely N-dealkylation sites (tertiary alicyclic amines) is 1. The van der Waals surface area contributed by atoms with Gasteiger partial charge in [-0.25, -0.2) is 0 Å². The molecule has 0 aliphatic carbocycles. The molecule has 1 unspecified atom stereocenters. The van der Waals surface area contributed by atoms with E-state index in [9.17, 15) is 9.59 Å². The Kier molecular flexibility index (Phi) is 3.71. The van der Waals surface area contributed by atoms with E-state index in [1.54, 1.807) is 18.2 Å². The minimum atomic E-state index is -0.284. The minimum Gasteiger partial charge on any atom is -0.496 e. The first-order valence-corrected chi connectivity index (χ1v) is 6.50. The Hall–Kier alpha value is -1.36. The first-order valence-electron chi connectivity index (χ1n) is 5.71. The van der Waals surface area contributed by atoms with Crippen LogP contribution in [0.1, 0.15) is 23.7 Å². The fourth-order valence-corrected chi connectivity index (χ4v) is 2.41. The molecule has 2 rings (SSSR count). The first kappa shape index (κ1) is 13.1. The second-order valence-electron chi connectivity index (χ2n) is 4.46. The highest BCUT2D eigenvalue weighted by molar-refractivity contribution is 9.10. The lowest BCUT2D eigenvalue weighted by atomic mass is 10.1. The number of halogens is 1. The SMILES string of the molecule is COc1cc(Br)ccc1C(=O)N1CC(C)CC1=O. The van der Waals surface area contributed by atoms with Crippen molar-refractivity contribution in [2.45, 2.75) is 13.3 Å². The van der Waals surface area contributed by atoms with Crippen LogP contribution in [0, 0.1) is 5.92 Å². The molecule has 18 heavy (non-hydrogen) atoms. The van der Waals surface area contributed by atoms with E-state index in [0.29, 0.717) is 24.3 Å². The summed E-state index contributed by atoms with van der Waals surface area (Å²) in [6.07, 6.45) is 0.435. The van der Waals surface area contributed by atoms with Crippen LogP contribution in [0.4, 0.5) is 0 Å². The smallest absolute Gasteiger partial charge is 0.264 e. The van der Waals surface area contributed by atoms with E-state index >= 15 is 0 Å². The predicted octanol–water partition coefficient (Wildman–Crippen LogP) is 2.47. The van der Waals surface area contributed by atoms with Gasteiger partial charge in [0.2, 0.25) is 5.91 Å². The largest absolute Gasteiger partial charge is 0.496 e. The van der Waals surface area contributed by atoms with Crippen molar-refractivity contribution in [2.24, 2.45) is 5.92 Å². The molecule has 1 heterocycles. The molecule has 2 amide bonds. The van der Waals surface area contributed by atoms with E-state index in [4.69, 9.17) is 4.74 Å². The number of nitrogens with zero attached hydrogens (tertiary/aromatic N) is 1. The molecular formula is C13H14BrNO3. The summed E-state index contributed by atoms with van der Waals surface area (Å²) in [6.45, 7) is 2.45. The molecule has 1 aromatic rings. The summed E-state index contributed by atoms with van der Waals surface area (Å²) in [5, 5.41) is 0. The number of ether oxygens (including phenoxy) is 1. The standard InChI is InChI=1S/C13H14BrNO3/c1-8-5-12(16)15(7-8)13(17)10-4-3-9(14)6-11(10)18-2/h3-4,6,8H,5,7H2,1-2H3. The third-order valence-electron chi connectivity index (χ3n) is 2.96. The maximum absolute atomic E-state index is 12.3. The summed E-state index contributed by atoms with van der Waals surface area (Å²) in [4.78, 5) is 25.3. The minimum absolute atomic E-state index is 0.113. The number of amides is 2. The number of imide groups is 1. The molecule has 1 saturated heterocycles. The Labute approximate surface area is 114 Å². The Morgan fingerprint density at radius 1 is 1.50 bits per heavy atom. The van der Waals surface area contributed by atoms with Crippen molar-refractivity contribution in [1.82, 2.24) is 4.90 Å². The lowest BCUT2D eigenvalue weighted by molar-refractivity contribution is -0.125. The fraction of sp³-hybridized carbons (Fsp3) is 0.385. The van der Waals surface area contributed by atoms with Crippen molar-refractivity contribution in [3.05, 3.63) is 28.2 Å². The third kappa shape index (κ3) is 2.41. The maximum Gasteiger partial charge on any atom is 0.264 e. The predicted molar refractivity (Wildman–Crippen MR) is 70.5 cm³/mol. The summed E-state index contributed by atoms with van der Waals surface area (Å²) in [7, 11) is 1.51. The lowest BCUT2D eigenvalue weighted by Crippen LogP contribution is -2.32. The Balaban J connectivity index is 2.31. The van der Waals surface area contributed by atoms with Crippen LogP contribution < -0.4 is 4.74 Å². The van der Waals surface area contributed by atoms with E-state index in [0.717, 1.165) is 4.47 Å². The molecule has 0 radical (unpaired) electrons. The molecule has 1 atom stereocenters. The average Bonchev–Trinajstić information content (AvgIpc) is 2.67. The van der Waals surface area contributed by atoms with E-state index in [1.165, 1.54) is 12.0 Å². The van der Waals surface area contributed by atoms with Gasteiger partial charge in [-0.1, -0.05) is 22.9 Å². The van der Waals surface area contributed by atoms with Crippen LogP contribution in [0.15, 0.2) is 22.7 Å². The van der Waals surface area contributed by atoms with Crippen LogP contribution in [0.3, 0.4) is 0 Å². The Morgan fingerprint density at radius 2 is 2.22 bits per heavy atom. The van der Waals surface area contributed by atoms with Crippen LogP contribution in [-0.2, 0) is 4.79 Å². The van der Waals surface area contributed by atoms with Crippen molar-refractivity contribution >= 4 is 27.7 Å². The zero-order valence-electron chi connectivity index (χ0n) is 10.3. The summed E-state index contributed by atoms with van der Waals surface area (Å²) >= 11 is 3.32. The van der Waals surface area contributed by atoms with Crippen LogP contribution >= 0.6 is 15.9 Å². The molecule has 0 aromatic heterocycles. The Morgan fingerprint density at radius 3 is 2.78 bits per heavy atom. The van der Waals surface area contributed by atoms with E-state index in [2.05, 4.69) is 15.9 Å². The number of hydrogen-bond acceptors (Lipinski definition) is 3.